The summed E-state index contributed by atoms with van der Waals surface area (Å²) >= 11 is 0. The number of rotatable bonds is 1. The average Bonchev–Trinajstić information content (AvgIpc) is 2.39. The van der Waals surface area contributed by atoms with Gasteiger partial charge in [-0.3, -0.25) is 4.79 Å². The maximum absolute atomic E-state index is 12.0. The molecule has 0 fully saturated rings. The number of aromatic nitrogens is 1. The highest BCUT2D eigenvalue weighted by Gasteiger charge is 2.05. The van der Waals surface area contributed by atoms with Crippen LogP contribution in [-0.2, 0) is 0 Å². The van der Waals surface area contributed by atoms with E-state index in [9.17, 15) is 4.79 Å². The molecule has 2 aromatic carbocycles. The van der Waals surface area contributed by atoms with Gasteiger partial charge in [0.25, 0.3) is 5.56 Å². The van der Waals surface area contributed by atoms with Gasteiger partial charge in [-0.15, -0.1) is 0 Å². The molecule has 0 saturated carbocycles. The number of hydrogen-bond donors (Lipinski definition) is 2. The summed E-state index contributed by atoms with van der Waals surface area (Å²) in [5, 5.41) is 0.975. The Morgan fingerprint density at radius 3 is 2.50 bits per heavy atom. The summed E-state index contributed by atoms with van der Waals surface area (Å²) in [6.45, 7) is 0. The van der Waals surface area contributed by atoms with Crippen LogP contribution in [0.5, 0.6) is 0 Å². The third kappa shape index (κ3) is 1.76. The Morgan fingerprint density at radius 1 is 0.944 bits per heavy atom. The predicted molar refractivity (Wildman–Crippen MR) is 74.4 cm³/mol. The van der Waals surface area contributed by atoms with Crippen LogP contribution < -0.4 is 11.3 Å². The van der Waals surface area contributed by atoms with E-state index in [2.05, 4.69) is 4.98 Å². The molecule has 0 amide bonds. The van der Waals surface area contributed by atoms with E-state index >= 15 is 0 Å². The Bertz CT molecular complexity index is 760. The van der Waals surface area contributed by atoms with Crippen LogP contribution in [0.15, 0.2) is 59.4 Å². The van der Waals surface area contributed by atoms with Crippen LogP contribution in [0.3, 0.4) is 0 Å². The lowest BCUT2D eigenvalue weighted by Crippen LogP contribution is -2.08. The molecular weight excluding hydrogens is 224 g/mol. The number of fused-ring (bicyclic) bond motifs is 1. The second kappa shape index (κ2) is 4.04. The molecule has 0 saturated heterocycles. The first-order chi connectivity index (χ1) is 8.74. The van der Waals surface area contributed by atoms with Gasteiger partial charge in [-0.25, -0.2) is 0 Å². The molecule has 0 bridgehead atoms. The van der Waals surface area contributed by atoms with Gasteiger partial charge >= 0.3 is 0 Å². The molecule has 0 spiro atoms. The Kier molecular flexibility index (Phi) is 2.38. The Labute approximate surface area is 104 Å². The lowest BCUT2D eigenvalue weighted by molar-refractivity contribution is 1.31. The molecule has 1 heterocycles. The van der Waals surface area contributed by atoms with Crippen LogP contribution in [-0.4, -0.2) is 4.98 Å². The standard InChI is InChI=1S/C15H12N2O/c16-12-7-6-11-8-13(10-4-2-1-3-5-10)15(18)17-14(11)9-12/h1-9H,16H2,(H,17,18). The van der Waals surface area contributed by atoms with E-state index in [-0.39, 0.29) is 5.56 Å². The molecule has 0 aliphatic heterocycles. The summed E-state index contributed by atoms with van der Waals surface area (Å²) in [5.74, 6) is 0. The fraction of sp³-hybridized carbons (Fsp3) is 0. The molecule has 0 aliphatic rings. The van der Waals surface area contributed by atoms with Crippen molar-refractivity contribution >= 4 is 16.6 Å². The number of nitrogen functional groups attached to an aromatic ring is 1. The van der Waals surface area contributed by atoms with Crippen molar-refractivity contribution in [2.45, 2.75) is 0 Å². The molecule has 3 rings (SSSR count). The van der Waals surface area contributed by atoms with Crippen molar-refractivity contribution in [3.8, 4) is 11.1 Å². The smallest absolute Gasteiger partial charge is 0.256 e. The highest BCUT2D eigenvalue weighted by molar-refractivity contribution is 5.85. The zero-order valence-corrected chi connectivity index (χ0v) is 9.68. The van der Waals surface area contributed by atoms with Gasteiger partial charge in [0.05, 0.1) is 5.52 Å². The molecule has 1 aromatic heterocycles. The van der Waals surface area contributed by atoms with E-state index in [0.717, 1.165) is 16.5 Å². The van der Waals surface area contributed by atoms with Crippen molar-refractivity contribution in [2.75, 3.05) is 5.73 Å². The zero-order valence-electron chi connectivity index (χ0n) is 9.68. The minimum absolute atomic E-state index is 0.0979. The summed E-state index contributed by atoms with van der Waals surface area (Å²) < 4.78 is 0. The largest absolute Gasteiger partial charge is 0.399 e. The lowest BCUT2D eigenvalue weighted by atomic mass is 10.1. The number of anilines is 1. The quantitative estimate of drug-likeness (QED) is 0.638. The SMILES string of the molecule is Nc1ccc2cc(-c3ccccc3)c(=O)[nH]c2c1. The third-order valence-corrected chi connectivity index (χ3v) is 2.95. The van der Waals surface area contributed by atoms with Crippen molar-refractivity contribution in [2.24, 2.45) is 0 Å². The molecule has 18 heavy (non-hydrogen) atoms. The van der Waals surface area contributed by atoms with Crippen LogP contribution >= 0.6 is 0 Å². The maximum atomic E-state index is 12.0. The fourth-order valence-corrected chi connectivity index (χ4v) is 2.05. The second-order valence-corrected chi connectivity index (χ2v) is 4.22. The van der Waals surface area contributed by atoms with Gasteiger partial charge in [0.1, 0.15) is 0 Å². The Balaban J connectivity index is 2.29. The number of nitrogens with two attached hydrogens (primary N) is 1. The highest BCUT2D eigenvalue weighted by Crippen LogP contribution is 2.20. The van der Waals surface area contributed by atoms with Crippen LogP contribution in [0.25, 0.3) is 22.0 Å². The Morgan fingerprint density at radius 2 is 1.72 bits per heavy atom. The van der Waals surface area contributed by atoms with E-state index in [1.54, 1.807) is 6.07 Å². The summed E-state index contributed by atoms with van der Waals surface area (Å²) in [5.41, 5.74) is 8.60. The van der Waals surface area contributed by atoms with Crippen molar-refractivity contribution in [3.05, 3.63) is 65.0 Å². The molecule has 3 aromatic rings. The molecular formula is C15H12N2O. The maximum Gasteiger partial charge on any atom is 0.256 e. The molecule has 3 heteroatoms. The first-order valence-electron chi connectivity index (χ1n) is 5.72. The molecule has 0 unspecified atom stereocenters. The number of nitrogens with one attached hydrogen (secondary N) is 1. The molecule has 3 N–H and O–H groups in total. The molecule has 0 aliphatic carbocycles. The summed E-state index contributed by atoms with van der Waals surface area (Å²) in [6, 6.07) is 17.0. The van der Waals surface area contributed by atoms with Crippen molar-refractivity contribution in [1.29, 1.82) is 0 Å². The van der Waals surface area contributed by atoms with Gasteiger partial charge in [0.15, 0.2) is 0 Å². The lowest BCUT2D eigenvalue weighted by Gasteiger charge is -2.04. The van der Waals surface area contributed by atoms with Gasteiger partial charge in [-0.2, -0.15) is 0 Å². The monoisotopic (exact) mass is 236 g/mol. The minimum Gasteiger partial charge on any atom is -0.399 e. The van der Waals surface area contributed by atoms with E-state index in [4.69, 9.17) is 5.73 Å². The summed E-state index contributed by atoms with van der Waals surface area (Å²) in [6.07, 6.45) is 0. The number of aromatic amines is 1. The number of H-pyrrole nitrogens is 1. The minimum atomic E-state index is -0.0979. The predicted octanol–water partition coefficient (Wildman–Crippen LogP) is 2.78. The normalized spacial score (nSPS) is 10.7. The van der Waals surface area contributed by atoms with E-state index in [1.807, 2.05) is 48.5 Å². The molecule has 88 valence electrons. The number of pyridine rings is 1. The molecule has 0 atom stereocenters. The van der Waals surface area contributed by atoms with Gasteiger partial charge < -0.3 is 10.7 Å². The van der Waals surface area contributed by atoms with Crippen molar-refractivity contribution < 1.29 is 0 Å². The molecule has 0 radical (unpaired) electrons. The van der Waals surface area contributed by atoms with Crippen LogP contribution in [0.2, 0.25) is 0 Å². The first kappa shape index (κ1) is 10.6. The van der Waals surface area contributed by atoms with E-state index < -0.39 is 0 Å². The second-order valence-electron chi connectivity index (χ2n) is 4.22. The summed E-state index contributed by atoms with van der Waals surface area (Å²) in [4.78, 5) is 14.9. The molecule has 3 nitrogen and oxygen atoms in total. The van der Waals surface area contributed by atoms with Crippen LogP contribution in [0.1, 0.15) is 0 Å². The van der Waals surface area contributed by atoms with Gasteiger partial charge in [0, 0.05) is 11.3 Å². The van der Waals surface area contributed by atoms with Crippen LogP contribution in [0.4, 0.5) is 5.69 Å². The van der Waals surface area contributed by atoms with Crippen molar-refractivity contribution in [1.82, 2.24) is 4.98 Å². The van der Waals surface area contributed by atoms with E-state index in [0.29, 0.717) is 11.3 Å². The highest BCUT2D eigenvalue weighted by atomic mass is 16.1. The Hall–Kier alpha value is -2.55. The van der Waals surface area contributed by atoms with Gasteiger partial charge in [-0.05, 0) is 29.1 Å². The van der Waals surface area contributed by atoms with Gasteiger partial charge in [-0.1, -0.05) is 36.4 Å². The van der Waals surface area contributed by atoms with Crippen LogP contribution in [0, 0.1) is 0 Å². The topological polar surface area (TPSA) is 58.9 Å². The average molecular weight is 236 g/mol. The first-order valence-corrected chi connectivity index (χ1v) is 5.72. The summed E-state index contributed by atoms with van der Waals surface area (Å²) in [7, 11) is 0. The number of benzene rings is 2. The van der Waals surface area contributed by atoms with Gasteiger partial charge in [0.2, 0.25) is 0 Å². The number of hydrogen-bond acceptors (Lipinski definition) is 2. The van der Waals surface area contributed by atoms with Crippen molar-refractivity contribution in [3.63, 3.8) is 0 Å². The fourth-order valence-electron chi connectivity index (χ4n) is 2.05. The third-order valence-electron chi connectivity index (χ3n) is 2.95. The zero-order chi connectivity index (χ0) is 12.5. The van der Waals surface area contributed by atoms with E-state index in [1.165, 1.54) is 0 Å².